The van der Waals surface area contributed by atoms with Crippen LogP contribution in [0, 0.1) is 12.8 Å². The van der Waals surface area contributed by atoms with Gasteiger partial charge in [0.25, 0.3) is 5.91 Å². The number of benzene rings is 1. The van der Waals surface area contributed by atoms with Gasteiger partial charge in [0, 0.05) is 12.8 Å². The van der Waals surface area contributed by atoms with Crippen molar-refractivity contribution >= 4 is 41.0 Å². The lowest BCUT2D eigenvalue weighted by Gasteiger charge is -2.31. The van der Waals surface area contributed by atoms with E-state index >= 15 is 0 Å². The van der Waals surface area contributed by atoms with Crippen molar-refractivity contribution in [2.75, 3.05) is 31.1 Å². The molecule has 25 heavy (non-hydrogen) atoms. The quantitative estimate of drug-likeness (QED) is 0.457. The van der Waals surface area contributed by atoms with Crippen LogP contribution in [0.15, 0.2) is 29.3 Å². The molecular weight excluding hydrogens is 336 g/mol. The molecule has 0 bridgehead atoms. The molecule has 7 heteroatoms. The van der Waals surface area contributed by atoms with Crippen LogP contribution >= 0.6 is 12.2 Å². The molecule has 1 aromatic carbocycles. The fraction of sp³-hybridized carbons (Fsp3) is 0.444. The summed E-state index contributed by atoms with van der Waals surface area (Å²) in [6.07, 6.45) is 1.44. The molecule has 0 saturated carbocycles. The molecule has 1 aliphatic heterocycles. The number of nitrogens with one attached hydrogen (secondary N) is 1. The highest BCUT2D eigenvalue weighted by atomic mass is 32.1. The van der Waals surface area contributed by atoms with Crippen LogP contribution in [0.1, 0.15) is 19.4 Å². The van der Waals surface area contributed by atoms with Crippen LogP contribution < -0.4 is 10.2 Å². The molecule has 1 N–H and O–H groups in total. The number of hydrogen-bond donors (Lipinski definition) is 1. The minimum absolute atomic E-state index is 0.108. The third-order valence-electron chi connectivity index (χ3n) is 4.25. The summed E-state index contributed by atoms with van der Waals surface area (Å²) in [7, 11) is 0. The lowest BCUT2D eigenvalue weighted by molar-refractivity contribution is -0.130. The van der Waals surface area contributed by atoms with E-state index in [1.54, 1.807) is 0 Å². The minimum Gasteiger partial charge on any atom is -0.302 e. The summed E-state index contributed by atoms with van der Waals surface area (Å²) < 4.78 is 0. The molecule has 134 valence electrons. The summed E-state index contributed by atoms with van der Waals surface area (Å²) in [6, 6.07) is 7.43. The van der Waals surface area contributed by atoms with Gasteiger partial charge in [-0.15, -0.1) is 0 Å². The lowest BCUT2D eigenvalue weighted by Crippen LogP contribution is -2.58. The first kappa shape index (κ1) is 19.2. The van der Waals surface area contributed by atoms with Crippen molar-refractivity contribution in [3.63, 3.8) is 0 Å². The normalized spacial score (nSPS) is 18.3. The number of likely N-dealkylation sites (N-methyl/N-ethyl adjacent to an activating group) is 1. The van der Waals surface area contributed by atoms with Crippen molar-refractivity contribution < 1.29 is 9.59 Å². The summed E-state index contributed by atoms with van der Waals surface area (Å²) in [5.74, 6) is -1.75. The Hall–Kier alpha value is -2.12. The third kappa shape index (κ3) is 4.49. The first-order chi connectivity index (χ1) is 12.0. The Labute approximate surface area is 153 Å². The zero-order chi connectivity index (χ0) is 18.4. The van der Waals surface area contributed by atoms with Gasteiger partial charge < -0.3 is 10.2 Å². The molecule has 0 aromatic heterocycles. The molecule has 6 nitrogen and oxygen atoms in total. The number of rotatable bonds is 7. The maximum atomic E-state index is 12.8. The number of anilines is 1. The average Bonchev–Trinajstić information content (AvgIpc) is 2.59. The van der Waals surface area contributed by atoms with Gasteiger partial charge in [-0.2, -0.15) is 0 Å². The second-order valence-electron chi connectivity index (χ2n) is 5.81. The number of carbonyl (C=O) groups is 2. The molecule has 1 atom stereocenters. The van der Waals surface area contributed by atoms with E-state index in [0.717, 1.165) is 25.2 Å². The van der Waals surface area contributed by atoms with Crippen LogP contribution in [0.25, 0.3) is 0 Å². The van der Waals surface area contributed by atoms with Gasteiger partial charge in [0.1, 0.15) is 0 Å². The number of hydrogen-bond acceptors (Lipinski definition) is 5. The fourth-order valence-corrected chi connectivity index (χ4v) is 2.97. The number of carbonyl (C=O) groups excluding carboxylic acids is 2. The topological polar surface area (TPSA) is 65.0 Å². The zero-order valence-corrected chi connectivity index (χ0v) is 15.7. The van der Waals surface area contributed by atoms with Gasteiger partial charge >= 0.3 is 0 Å². The van der Waals surface area contributed by atoms with Crippen molar-refractivity contribution in [2.24, 2.45) is 10.9 Å². The zero-order valence-electron chi connectivity index (χ0n) is 14.9. The monoisotopic (exact) mass is 360 g/mol. The summed E-state index contributed by atoms with van der Waals surface area (Å²) in [5.41, 5.74) is 1.59. The molecule has 2 rings (SSSR count). The number of para-hydroxylation sites is 1. The largest absolute Gasteiger partial charge is 0.302 e. The average molecular weight is 360 g/mol. The molecule has 0 aliphatic carbocycles. The van der Waals surface area contributed by atoms with Crippen LogP contribution in [0.5, 0.6) is 0 Å². The van der Waals surface area contributed by atoms with E-state index in [2.05, 4.69) is 29.1 Å². The second-order valence-corrected chi connectivity index (χ2v) is 6.20. The summed E-state index contributed by atoms with van der Waals surface area (Å²) >= 11 is 5.20. The predicted molar refractivity (Wildman–Crippen MR) is 104 cm³/mol. The molecule has 1 heterocycles. The Morgan fingerprint density at radius 2 is 1.96 bits per heavy atom. The highest BCUT2D eigenvalue weighted by Crippen LogP contribution is 2.23. The fourth-order valence-electron chi connectivity index (χ4n) is 2.68. The smallest absolute Gasteiger partial charge is 0.251 e. The second kappa shape index (κ2) is 8.82. The van der Waals surface area contributed by atoms with Crippen molar-refractivity contribution in [3.8, 4) is 0 Å². The molecular formula is C18H24N4O2S. The number of aryl methyl sites for hydroxylation is 1. The van der Waals surface area contributed by atoms with Crippen LogP contribution in [-0.2, 0) is 9.59 Å². The van der Waals surface area contributed by atoms with E-state index in [0.29, 0.717) is 12.2 Å². The highest BCUT2D eigenvalue weighted by molar-refractivity contribution is 7.80. The maximum absolute atomic E-state index is 12.8. The summed E-state index contributed by atoms with van der Waals surface area (Å²) in [5, 5.41) is 2.71. The number of nitrogens with zero attached hydrogens (tertiary/aromatic N) is 3. The van der Waals surface area contributed by atoms with Gasteiger partial charge in [0.2, 0.25) is 5.91 Å². The standard InChI is InChI=1S/C18H24N4O2S/c1-4-21(5-2)11-10-19-12-14-16(23)20-18(25)22(17(14)24)15-9-7-6-8-13(15)3/h6-9,12,14H,4-5,10-11H2,1-3H3,(H,20,23,25). The lowest BCUT2D eigenvalue weighted by atomic mass is 10.0. The van der Waals surface area contributed by atoms with Gasteiger partial charge in [0.15, 0.2) is 11.0 Å². The van der Waals surface area contributed by atoms with Gasteiger partial charge in [-0.25, -0.2) is 0 Å². The number of aliphatic imine (C=N–C) groups is 1. The van der Waals surface area contributed by atoms with Crippen molar-refractivity contribution in [2.45, 2.75) is 20.8 Å². The van der Waals surface area contributed by atoms with Gasteiger partial charge in [-0.1, -0.05) is 32.0 Å². The molecule has 2 amide bonds. The van der Waals surface area contributed by atoms with Crippen molar-refractivity contribution in [1.82, 2.24) is 10.2 Å². The Bertz CT molecular complexity index is 685. The van der Waals surface area contributed by atoms with Crippen molar-refractivity contribution in [1.29, 1.82) is 0 Å². The minimum atomic E-state index is -0.956. The molecule has 1 aromatic rings. The molecule has 1 fully saturated rings. The SMILES string of the molecule is CCN(CC)CCN=CC1C(=O)NC(=S)N(c2ccccc2C)C1=O. The van der Waals surface area contributed by atoms with Crippen LogP contribution in [0.3, 0.4) is 0 Å². The molecule has 1 unspecified atom stereocenters. The van der Waals surface area contributed by atoms with E-state index in [9.17, 15) is 9.59 Å². The first-order valence-electron chi connectivity index (χ1n) is 8.46. The van der Waals surface area contributed by atoms with Crippen LogP contribution in [-0.4, -0.2) is 54.2 Å². The van der Waals surface area contributed by atoms with Gasteiger partial charge in [-0.3, -0.25) is 19.5 Å². The van der Waals surface area contributed by atoms with E-state index in [4.69, 9.17) is 12.2 Å². The first-order valence-corrected chi connectivity index (χ1v) is 8.87. The van der Waals surface area contributed by atoms with E-state index in [-0.39, 0.29) is 11.0 Å². The van der Waals surface area contributed by atoms with Crippen molar-refractivity contribution in [3.05, 3.63) is 29.8 Å². The van der Waals surface area contributed by atoms with Crippen LogP contribution in [0.4, 0.5) is 5.69 Å². The molecule has 0 radical (unpaired) electrons. The van der Waals surface area contributed by atoms with Gasteiger partial charge in [-0.05, 0) is 43.9 Å². The highest BCUT2D eigenvalue weighted by Gasteiger charge is 2.38. The Morgan fingerprint density at radius 1 is 1.28 bits per heavy atom. The Morgan fingerprint density at radius 3 is 2.60 bits per heavy atom. The number of thiocarbonyl (C=S) groups is 1. The van der Waals surface area contributed by atoms with E-state index in [1.807, 2.05) is 31.2 Å². The maximum Gasteiger partial charge on any atom is 0.251 e. The molecule has 1 aliphatic rings. The summed E-state index contributed by atoms with van der Waals surface area (Å²) in [4.78, 5) is 32.9. The molecule has 1 saturated heterocycles. The summed E-state index contributed by atoms with van der Waals surface area (Å²) in [6.45, 7) is 9.32. The Kier molecular flexibility index (Phi) is 6.78. The van der Waals surface area contributed by atoms with Gasteiger partial charge in [0.05, 0.1) is 12.2 Å². The predicted octanol–water partition coefficient (Wildman–Crippen LogP) is 1.77. The number of amides is 2. The van der Waals surface area contributed by atoms with E-state index in [1.165, 1.54) is 11.1 Å². The van der Waals surface area contributed by atoms with Crippen LogP contribution in [0.2, 0.25) is 0 Å². The Balaban J connectivity index is 2.13. The molecule has 0 spiro atoms. The van der Waals surface area contributed by atoms with E-state index < -0.39 is 11.8 Å². The third-order valence-corrected chi connectivity index (χ3v) is 4.54.